The molecule has 0 saturated heterocycles. The first kappa shape index (κ1) is 17.1. The molecule has 1 aromatic carbocycles. The standard InChI is InChI=1S/C20H29NO3/c1-3-23-18-11-16-10-14(2)24-19(16)12-17(18)13-21-20(22)9-8-15-6-4-5-7-15/h11-12,14-15H,3-10,13H2,1-2H3,(H,21,22)/t14-/m0/s1. The molecule has 4 nitrogen and oxygen atoms in total. The van der Waals surface area contributed by atoms with E-state index in [1.807, 2.05) is 13.0 Å². The first-order valence-corrected chi connectivity index (χ1v) is 9.37. The minimum Gasteiger partial charge on any atom is -0.494 e. The van der Waals surface area contributed by atoms with E-state index in [9.17, 15) is 4.79 Å². The van der Waals surface area contributed by atoms with Crippen LogP contribution in [0, 0.1) is 5.92 Å². The van der Waals surface area contributed by atoms with Crippen molar-refractivity contribution < 1.29 is 14.3 Å². The van der Waals surface area contributed by atoms with Crippen molar-refractivity contribution in [3.63, 3.8) is 0 Å². The van der Waals surface area contributed by atoms with E-state index < -0.39 is 0 Å². The molecule has 1 atom stereocenters. The summed E-state index contributed by atoms with van der Waals surface area (Å²) in [4.78, 5) is 12.1. The Kier molecular flexibility index (Phi) is 5.64. The van der Waals surface area contributed by atoms with Crippen LogP contribution in [0.4, 0.5) is 0 Å². The summed E-state index contributed by atoms with van der Waals surface area (Å²) < 4.78 is 11.6. The number of rotatable bonds is 7. The number of hydrogen-bond donors (Lipinski definition) is 1. The van der Waals surface area contributed by atoms with Gasteiger partial charge in [-0.05, 0) is 38.3 Å². The van der Waals surface area contributed by atoms with E-state index in [0.29, 0.717) is 19.6 Å². The quantitative estimate of drug-likeness (QED) is 0.821. The van der Waals surface area contributed by atoms with Gasteiger partial charge in [0.05, 0.1) is 6.61 Å². The third kappa shape index (κ3) is 4.22. The van der Waals surface area contributed by atoms with Gasteiger partial charge in [0.15, 0.2) is 0 Å². The lowest BCUT2D eigenvalue weighted by Crippen LogP contribution is -2.23. The van der Waals surface area contributed by atoms with Gasteiger partial charge in [-0.15, -0.1) is 0 Å². The van der Waals surface area contributed by atoms with Crippen LogP contribution in [0.3, 0.4) is 0 Å². The smallest absolute Gasteiger partial charge is 0.220 e. The molecule has 1 saturated carbocycles. The van der Waals surface area contributed by atoms with Gasteiger partial charge in [0.1, 0.15) is 17.6 Å². The molecule has 2 aliphatic rings. The van der Waals surface area contributed by atoms with Crippen molar-refractivity contribution >= 4 is 5.91 Å². The van der Waals surface area contributed by atoms with E-state index >= 15 is 0 Å². The lowest BCUT2D eigenvalue weighted by Gasteiger charge is -2.14. The Hall–Kier alpha value is -1.71. The molecule has 1 N–H and O–H groups in total. The Balaban J connectivity index is 1.57. The second-order valence-electron chi connectivity index (χ2n) is 7.10. The predicted octanol–water partition coefficient (Wildman–Crippen LogP) is 4.00. The molecule has 0 bridgehead atoms. The number of ether oxygens (including phenoxy) is 2. The van der Waals surface area contributed by atoms with Gasteiger partial charge in [-0.25, -0.2) is 0 Å². The first-order valence-electron chi connectivity index (χ1n) is 9.37. The van der Waals surface area contributed by atoms with Gasteiger partial charge < -0.3 is 14.8 Å². The number of carbonyl (C=O) groups excluding carboxylic acids is 1. The highest BCUT2D eigenvalue weighted by Gasteiger charge is 2.22. The summed E-state index contributed by atoms with van der Waals surface area (Å²) in [5, 5.41) is 3.05. The van der Waals surface area contributed by atoms with Crippen LogP contribution >= 0.6 is 0 Å². The molecule has 24 heavy (non-hydrogen) atoms. The third-order valence-electron chi connectivity index (χ3n) is 5.11. The summed E-state index contributed by atoms with van der Waals surface area (Å²) >= 11 is 0. The molecule has 3 rings (SSSR count). The van der Waals surface area contributed by atoms with Crippen LogP contribution in [-0.4, -0.2) is 18.6 Å². The fourth-order valence-corrected chi connectivity index (χ4v) is 3.83. The van der Waals surface area contributed by atoms with Crippen LogP contribution in [-0.2, 0) is 17.8 Å². The maximum Gasteiger partial charge on any atom is 0.220 e. The number of fused-ring (bicyclic) bond motifs is 1. The molecule has 0 aromatic heterocycles. The molecule has 0 unspecified atom stereocenters. The van der Waals surface area contributed by atoms with Crippen molar-refractivity contribution in [3.05, 3.63) is 23.3 Å². The highest BCUT2D eigenvalue weighted by molar-refractivity contribution is 5.76. The summed E-state index contributed by atoms with van der Waals surface area (Å²) in [5.41, 5.74) is 2.20. The molecule has 132 valence electrons. The van der Waals surface area contributed by atoms with Crippen LogP contribution in [0.1, 0.15) is 63.5 Å². The Morgan fingerprint density at radius 2 is 2.12 bits per heavy atom. The van der Waals surface area contributed by atoms with Crippen LogP contribution in [0.25, 0.3) is 0 Å². The summed E-state index contributed by atoms with van der Waals surface area (Å²) in [6.07, 6.45) is 8.04. The Morgan fingerprint density at radius 1 is 1.33 bits per heavy atom. The van der Waals surface area contributed by atoms with Crippen molar-refractivity contribution in [1.82, 2.24) is 5.32 Å². The van der Waals surface area contributed by atoms with Gasteiger partial charge in [-0.2, -0.15) is 0 Å². The van der Waals surface area contributed by atoms with Gasteiger partial charge in [0.2, 0.25) is 5.91 Å². The fraction of sp³-hybridized carbons (Fsp3) is 0.650. The summed E-state index contributed by atoms with van der Waals surface area (Å²) in [7, 11) is 0. The van der Waals surface area contributed by atoms with E-state index in [-0.39, 0.29) is 12.0 Å². The molecule has 1 aliphatic heterocycles. The van der Waals surface area contributed by atoms with Crippen molar-refractivity contribution in [2.24, 2.45) is 5.92 Å². The van der Waals surface area contributed by atoms with Gasteiger partial charge in [-0.3, -0.25) is 4.79 Å². The van der Waals surface area contributed by atoms with E-state index in [2.05, 4.69) is 18.3 Å². The molecule has 4 heteroatoms. The maximum atomic E-state index is 12.1. The second-order valence-corrected chi connectivity index (χ2v) is 7.10. The maximum absolute atomic E-state index is 12.1. The van der Waals surface area contributed by atoms with Crippen molar-refractivity contribution in [2.75, 3.05) is 6.61 Å². The van der Waals surface area contributed by atoms with Gasteiger partial charge in [0.25, 0.3) is 0 Å². The monoisotopic (exact) mass is 331 g/mol. The number of carbonyl (C=O) groups is 1. The molecule has 0 radical (unpaired) electrons. The van der Waals surface area contributed by atoms with Gasteiger partial charge >= 0.3 is 0 Å². The van der Waals surface area contributed by atoms with Crippen LogP contribution in [0.15, 0.2) is 12.1 Å². The zero-order chi connectivity index (χ0) is 16.9. The Labute approximate surface area is 144 Å². The van der Waals surface area contributed by atoms with E-state index in [4.69, 9.17) is 9.47 Å². The van der Waals surface area contributed by atoms with Crippen molar-refractivity contribution in [1.29, 1.82) is 0 Å². The SMILES string of the molecule is CCOc1cc2c(cc1CNC(=O)CCC1CCCC1)O[C@@H](C)C2. The van der Waals surface area contributed by atoms with E-state index in [0.717, 1.165) is 35.8 Å². The van der Waals surface area contributed by atoms with Crippen LogP contribution in [0.2, 0.25) is 0 Å². The van der Waals surface area contributed by atoms with E-state index in [1.54, 1.807) is 0 Å². The minimum absolute atomic E-state index is 0.138. The van der Waals surface area contributed by atoms with Crippen LogP contribution < -0.4 is 14.8 Å². The largest absolute Gasteiger partial charge is 0.494 e. The fourth-order valence-electron chi connectivity index (χ4n) is 3.83. The molecular weight excluding hydrogens is 302 g/mol. The summed E-state index contributed by atoms with van der Waals surface area (Å²) in [6, 6.07) is 4.10. The average molecular weight is 331 g/mol. The molecule has 1 amide bonds. The predicted molar refractivity (Wildman–Crippen MR) is 94.4 cm³/mol. The third-order valence-corrected chi connectivity index (χ3v) is 5.11. The van der Waals surface area contributed by atoms with Gasteiger partial charge in [0, 0.05) is 30.5 Å². The average Bonchev–Trinajstić information content (AvgIpc) is 3.19. The Bertz CT molecular complexity index is 578. The minimum atomic E-state index is 0.138. The molecule has 1 fully saturated rings. The zero-order valence-corrected chi connectivity index (χ0v) is 14.9. The summed E-state index contributed by atoms with van der Waals surface area (Å²) in [6.45, 7) is 5.18. The lowest BCUT2D eigenvalue weighted by molar-refractivity contribution is -0.121. The number of benzene rings is 1. The topological polar surface area (TPSA) is 47.6 Å². The lowest BCUT2D eigenvalue weighted by atomic mass is 10.0. The first-order chi connectivity index (χ1) is 11.7. The molecule has 1 heterocycles. The number of amides is 1. The highest BCUT2D eigenvalue weighted by atomic mass is 16.5. The molecule has 1 aliphatic carbocycles. The second kappa shape index (κ2) is 7.91. The van der Waals surface area contributed by atoms with Crippen LogP contribution in [0.5, 0.6) is 11.5 Å². The summed E-state index contributed by atoms with van der Waals surface area (Å²) in [5.74, 6) is 2.69. The zero-order valence-electron chi connectivity index (χ0n) is 14.9. The Morgan fingerprint density at radius 3 is 2.88 bits per heavy atom. The van der Waals surface area contributed by atoms with Crippen molar-refractivity contribution in [2.45, 2.75) is 71.4 Å². The number of hydrogen-bond acceptors (Lipinski definition) is 3. The van der Waals surface area contributed by atoms with E-state index in [1.165, 1.54) is 31.2 Å². The van der Waals surface area contributed by atoms with Crippen molar-refractivity contribution in [3.8, 4) is 11.5 Å². The number of nitrogens with one attached hydrogen (secondary N) is 1. The molecule has 1 aromatic rings. The normalized spacial score (nSPS) is 19.8. The molecule has 0 spiro atoms. The van der Waals surface area contributed by atoms with Gasteiger partial charge in [-0.1, -0.05) is 25.7 Å². The molecular formula is C20H29NO3. The highest BCUT2D eigenvalue weighted by Crippen LogP contribution is 2.35.